The molecule has 0 aliphatic rings. The van der Waals surface area contributed by atoms with Crippen molar-refractivity contribution in [1.29, 1.82) is 0 Å². The van der Waals surface area contributed by atoms with Crippen LogP contribution in [0.3, 0.4) is 0 Å². The highest BCUT2D eigenvalue weighted by Crippen LogP contribution is 2.14. The zero-order chi connectivity index (χ0) is 17.3. The molecule has 3 rings (SSSR count). The van der Waals surface area contributed by atoms with E-state index in [1.54, 1.807) is 16.7 Å². The number of rotatable bonds is 4. The molecule has 1 aromatic carbocycles. The van der Waals surface area contributed by atoms with Crippen LogP contribution in [0.2, 0.25) is 0 Å². The summed E-state index contributed by atoms with van der Waals surface area (Å²) in [5.74, 6) is 0.00517. The molecule has 3 aromatic rings. The Morgan fingerprint density at radius 2 is 2.04 bits per heavy atom. The van der Waals surface area contributed by atoms with E-state index in [-0.39, 0.29) is 11.5 Å². The Labute approximate surface area is 135 Å². The van der Waals surface area contributed by atoms with Gasteiger partial charge in [0.1, 0.15) is 5.82 Å². The zero-order valence-corrected chi connectivity index (χ0v) is 13.1. The van der Waals surface area contributed by atoms with E-state index in [2.05, 4.69) is 20.5 Å². The number of hydrogen-bond donors (Lipinski definition) is 2. The maximum absolute atomic E-state index is 12.9. The molecule has 0 fully saturated rings. The highest BCUT2D eigenvalue weighted by molar-refractivity contribution is 5.80. The number of nitrogens with zero attached hydrogens (tertiary/aromatic N) is 4. The van der Waals surface area contributed by atoms with Crippen molar-refractivity contribution < 1.29 is 4.39 Å². The fourth-order valence-corrected chi connectivity index (χ4v) is 2.34. The number of nitrogens with one attached hydrogen (secondary N) is 2. The van der Waals surface area contributed by atoms with Crippen LogP contribution in [-0.4, -0.2) is 25.3 Å². The smallest absolute Gasteiger partial charge is 0.303 e. The van der Waals surface area contributed by atoms with Gasteiger partial charge in [0.05, 0.1) is 6.21 Å². The number of benzene rings is 1. The molecule has 0 saturated carbocycles. The lowest BCUT2D eigenvalue weighted by molar-refractivity contribution is 0.628. The number of H-pyrrole nitrogens is 1. The van der Waals surface area contributed by atoms with Crippen molar-refractivity contribution in [2.24, 2.45) is 12.1 Å². The molecule has 0 radical (unpaired) electrons. The molecule has 2 aromatic heterocycles. The van der Waals surface area contributed by atoms with Gasteiger partial charge >= 0.3 is 5.69 Å². The van der Waals surface area contributed by atoms with Crippen LogP contribution in [0.15, 0.2) is 39.0 Å². The molecule has 2 N–H and O–H groups in total. The molecule has 2 heterocycles. The number of imidazole rings is 1. The van der Waals surface area contributed by atoms with Crippen molar-refractivity contribution in [3.8, 4) is 0 Å². The number of hydrazone groups is 1. The lowest BCUT2D eigenvalue weighted by atomic mass is 10.2. The first-order chi connectivity index (χ1) is 11.5. The largest absolute Gasteiger partial charge is 0.329 e. The third kappa shape index (κ3) is 2.71. The number of aromatic nitrogens is 4. The second kappa shape index (κ2) is 6.11. The van der Waals surface area contributed by atoms with Gasteiger partial charge in [-0.2, -0.15) is 10.1 Å². The number of fused-ring (bicyclic) bond motifs is 1. The van der Waals surface area contributed by atoms with Gasteiger partial charge in [0.25, 0.3) is 5.56 Å². The van der Waals surface area contributed by atoms with Crippen molar-refractivity contribution in [3.05, 3.63) is 56.5 Å². The van der Waals surface area contributed by atoms with Crippen LogP contribution in [0, 0.1) is 5.82 Å². The van der Waals surface area contributed by atoms with Gasteiger partial charge in [-0.25, -0.2) is 14.6 Å². The van der Waals surface area contributed by atoms with Gasteiger partial charge in [0, 0.05) is 13.6 Å². The van der Waals surface area contributed by atoms with Gasteiger partial charge in [-0.1, -0.05) is 12.1 Å². The first kappa shape index (κ1) is 15.7. The molecule has 0 saturated heterocycles. The Morgan fingerprint density at radius 1 is 1.33 bits per heavy atom. The molecule has 0 aliphatic carbocycles. The second-order valence-electron chi connectivity index (χ2n) is 5.09. The van der Waals surface area contributed by atoms with E-state index in [9.17, 15) is 14.0 Å². The average molecular weight is 330 g/mol. The van der Waals surface area contributed by atoms with Gasteiger partial charge in [-0.3, -0.25) is 14.3 Å². The molecular weight excluding hydrogens is 315 g/mol. The van der Waals surface area contributed by atoms with Crippen LogP contribution >= 0.6 is 0 Å². The summed E-state index contributed by atoms with van der Waals surface area (Å²) in [6, 6.07) is 5.82. The van der Waals surface area contributed by atoms with Crippen LogP contribution in [0.5, 0.6) is 0 Å². The van der Waals surface area contributed by atoms with E-state index >= 15 is 0 Å². The van der Waals surface area contributed by atoms with E-state index in [1.165, 1.54) is 30.0 Å². The van der Waals surface area contributed by atoms with Crippen LogP contribution in [0.1, 0.15) is 12.5 Å². The van der Waals surface area contributed by atoms with Gasteiger partial charge in [-0.05, 0) is 24.6 Å². The summed E-state index contributed by atoms with van der Waals surface area (Å²) in [5.41, 5.74) is 2.98. The Hall–Kier alpha value is -3.23. The zero-order valence-electron chi connectivity index (χ0n) is 13.1. The maximum Gasteiger partial charge on any atom is 0.329 e. The van der Waals surface area contributed by atoms with Gasteiger partial charge in [0.15, 0.2) is 11.2 Å². The van der Waals surface area contributed by atoms with Crippen LogP contribution in [0.25, 0.3) is 11.2 Å². The normalized spacial score (nSPS) is 11.5. The lowest BCUT2D eigenvalue weighted by Crippen LogP contribution is -2.29. The van der Waals surface area contributed by atoms with Crippen molar-refractivity contribution in [2.75, 3.05) is 5.43 Å². The fourth-order valence-electron chi connectivity index (χ4n) is 2.34. The molecular formula is C15H15FN6O2. The van der Waals surface area contributed by atoms with E-state index in [0.29, 0.717) is 23.6 Å². The second-order valence-corrected chi connectivity index (χ2v) is 5.09. The number of anilines is 1. The van der Waals surface area contributed by atoms with Crippen LogP contribution in [-0.2, 0) is 13.6 Å². The minimum atomic E-state index is -0.533. The summed E-state index contributed by atoms with van der Waals surface area (Å²) in [6.07, 6.45) is 1.50. The Morgan fingerprint density at radius 3 is 2.71 bits per heavy atom. The molecule has 0 bridgehead atoms. The number of aromatic amines is 1. The van der Waals surface area contributed by atoms with Crippen LogP contribution in [0.4, 0.5) is 10.3 Å². The summed E-state index contributed by atoms with van der Waals surface area (Å²) < 4.78 is 15.7. The standard InChI is InChI=1S/C15H15FN6O2/c1-3-22-11-12(21(2)15(24)19-13(11)23)18-14(22)20-17-8-9-4-6-10(16)7-5-9/h4-8H,3H2,1-2H3,(H,18,20)(H,19,23,24)/b17-8+. The maximum atomic E-state index is 12.9. The molecule has 0 unspecified atom stereocenters. The number of aryl methyl sites for hydroxylation is 2. The van der Waals surface area contributed by atoms with Gasteiger partial charge < -0.3 is 4.57 Å². The van der Waals surface area contributed by atoms with Crippen molar-refractivity contribution >= 4 is 23.3 Å². The first-order valence-electron chi connectivity index (χ1n) is 7.25. The third-order valence-electron chi connectivity index (χ3n) is 3.57. The summed E-state index contributed by atoms with van der Waals surface area (Å²) >= 11 is 0. The average Bonchev–Trinajstić information content (AvgIpc) is 2.94. The summed E-state index contributed by atoms with van der Waals surface area (Å²) in [5, 5.41) is 4.05. The van der Waals surface area contributed by atoms with Crippen molar-refractivity contribution in [3.63, 3.8) is 0 Å². The van der Waals surface area contributed by atoms with E-state index < -0.39 is 11.2 Å². The molecule has 124 valence electrons. The molecule has 9 heteroatoms. The summed E-state index contributed by atoms with van der Waals surface area (Å²) in [7, 11) is 1.53. The quantitative estimate of drug-likeness (QED) is 0.551. The highest BCUT2D eigenvalue weighted by Gasteiger charge is 2.15. The molecule has 0 atom stereocenters. The molecule has 8 nitrogen and oxygen atoms in total. The Bertz CT molecular complexity index is 1030. The number of halogens is 1. The van der Waals surface area contributed by atoms with E-state index in [4.69, 9.17) is 0 Å². The summed E-state index contributed by atoms with van der Waals surface area (Å²) in [4.78, 5) is 30.2. The molecule has 24 heavy (non-hydrogen) atoms. The molecule has 0 aliphatic heterocycles. The predicted molar refractivity (Wildman–Crippen MR) is 88.9 cm³/mol. The monoisotopic (exact) mass is 330 g/mol. The minimum Gasteiger partial charge on any atom is -0.303 e. The van der Waals surface area contributed by atoms with Gasteiger partial charge in [0.2, 0.25) is 5.95 Å². The molecule has 0 amide bonds. The predicted octanol–water partition coefficient (Wildman–Crippen LogP) is 1.03. The highest BCUT2D eigenvalue weighted by atomic mass is 19.1. The number of hydrogen-bond acceptors (Lipinski definition) is 5. The Balaban J connectivity index is 1.99. The minimum absolute atomic E-state index is 0.269. The molecule has 0 spiro atoms. The Kier molecular flexibility index (Phi) is 3.98. The van der Waals surface area contributed by atoms with Crippen molar-refractivity contribution in [1.82, 2.24) is 19.1 Å². The third-order valence-corrected chi connectivity index (χ3v) is 3.57. The van der Waals surface area contributed by atoms with E-state index in [0.717, 1.165) is 0 Å². The fraction of sp³-hybridized carbons (Fsp3) is 0.200. The first-order valence-corrected chi connectivity index (χ1v) is 7.25. The van der Waals surface area contributed by atoms with E-state index in [1.807, 2.05) is 6.92 Å². The van der Waals surface area contributed by atoms with Gasteiger partial charge in [-0.15, -0.1) is 0 Å². The topological polar surface area (TPSA) is 97.1 Å². The van der Waals surface area contributed by atoms with Crippen molar-refractivity contribution in [2.45, 2.75) is 13.5 Å². The summed E-state index contributed by atoms with van der Waals surface area (Å²) in [6.45, 7) is 2.31. The SMILES string of the molecule is CCn1c(N/N=C/c2ccc(F)cc2)nc2c1c(=O)[nH]c(=O)n2C. The van der Waals surface area contributed by atoms with Crippen LogP contribution < -0.4 is 16.7 Å². The lowest BCUT2D eigenvalue weighted by Gasteiger charge is -2.03.